The molecular formula is C11H19N. The molecular weight excluding hydrogens is 146 g/mol. The lowest BCUT2D eigenvalue weighted by Gasteiger charge is -1.93. The third-order valence-corrected chi connectivity index (χ3v) is 1.28. The molecule has 0 radical (unpaired) electrons. The van der Waals surface area contributed by atoms with Gasteiger partial charge in [-0.05, 0) is 18.5 Å². The van der Waals surface area contributed by atoms with Crippen LogP contribution in [0.2, 0.25) is 0 Å². The van der Waals surface area contributed by atoms with Crippen molar-refractivity contribution in [2.24, 2.45) is 5.73 Å². The summed E-state index contributed by atoms with van der Waals surface area (Å²) in [6, 6.07) is 10.3. The second kappa shape index (κ2) is 8.28. The molecule has 12 heavy (non-hydrogen) atoms. The third-order valence-electron chi connectivity index (χ3n) is 1.28. The average molecular weight is 165 g/mol. The van der Waals surface area contributed by atoms with Gasteiger partial charge in [-0.2, -0.15) is 0 Å². The second-order valence-electron chi connectivity index (χ2n) is 2.73. The first kappa shape index (κ1) is 11.2. The Bertz CT molecular complexity index is 170. The van der Waals surface area contributed by atoms with Gasteiger partial charge in [0, 0.05) is 0 Å². The maximum Gasteiger partial charge on any atom is -0.00367 e. The predicted octanol–water partition coefficient (Wildman–Crippen LogP) is 2.60. The van der Waals surface area contributed by atoms with Crippen LogP contribution in [-0.4, -0.2) is 6.54 Å². The molecule has 0 aliphatic heterocycles. The average Bonchev–Trinajstić information content (AvgIpc) is 2.08. The van der Waals surface area contributed by atoms with Crippen molar-refractivity contribution >= 4 is 0 Å². The summed E-state index contributed by atoms with van der Waals surface area (Å²) in [5.74, 6) is 0. The van der Waals surface area contributed by atoms with E-state index in [1.807, 2.05) is 18.2 Å². The quantitative estimate of drug-likeness (QED) is 0.716. The van der Waals surface area contributed by atoms with E-state index in [2.05, 4.69) is 26.0 Å². The SMILES string of the molecule is CCC.NCCc1ccccc1. The normalized spacial score (nSPS) is 8.58. The highest BCUT2D eigenvalue weighted by Gasteiger charge is 1.84. The van der Waals surface area contributed by atoms with Gasteiger partial charge in [0.2, 0.25) is 0 Å². The van der Waals surface area contributed by atoms with Crippen molar-refractivity contribution in [3.63, 3.8) is 0 Å². The molecule has 1 rings (SSSR count). The summed E-state index contributed by atoms with van der Waals surface area (Å²) < 4.78 is 0. The molecule has 1 aromatic carbocycles. The smallest absolute Gasteiger partial charge is 0.00367 e. The van der Waals surface area contributed by atoms with Crippen molar-refractivity contribution in [3.05, 3.63) is 35.9 Å². The minimum atomic E-state index is 0.740. The van der Waals surface area contributed by atoms with E-state index in [1.54, 1.807) is 0 Å². The molecule has 0 atom stereocenters. The van der Waals surface area contributed by atoms with Crippen LogP contribution >= 0.6 is 0 Å². The van der Waals surface area contributed by atoms with Crippen LogP contribution in [0, 0.1) is 0 Å². The van der Waals surface area contributed by atoms with Gasteiger partial charge in [-0.1, -0.05) is 50.6 Å². The summed E-state index contributed by atoms with van der Waals surface area (Å²) in [6.07, 6.45) is 2.24. The van der Waals surface area contributed by atoms with E-state index in [4.69, 9.17) is 5.73 Å². The molecule has 0 aliphatic rings. The molecule has 0 fully saturated rings. The third kappa shape index (κ3) is 5.93. The maximum absolute atomic E-state index is 5.36. The molecule has 2 N–H and O–H groups in total. The molecule has 0 aliphatic carbocycles. The van der Waals surface area contributed by atoms with Crippen LogP contribution in [0.15, 0.2) is 30.3 Å². The van der Waals surface area contributed by atoms with Crippen LogP contribution in [-0.2, 0) is 6.42 Å². The highest BCUT2D eigenvalue weighted by Crippen LogP contribution is 1.96. The number of hydrogen-bond acceptors (Lipinski definition) is 1. The number of rotatable bonds is 2. The van der Waals surface area contributed by atoms with Crippen molar-refractivity contribution in [3.8, 4) is 0 Å². The minimum absolute atomic E-state index is 0.740. The Hall–Kier alpha value is -0.820. The van der Waals surface area contributed by atoms with Crippen LogP contribution < -0.4 is 5.73 Å². The lowest BCUT2D eigenvalue weighted by Crippen LogP contribution is -2.01. The molecule has 0 heterocycles. The van der Waals surface area contributed by atoms with E-state index in [9.17, 15) is 0 Å². The van der Waals surface area contributed by atoms with Crippen LogP contribution in [0.4, 0.5) is 0 Å². The fourth-order valence-corrected chi connectivity index (χ4v) is 0.811. The van der Waals surface area contributed by atoms with Crippen LogP contribution in [0.1, 0.15) is 25.8 Å². The van der Waals surface area contributed by atoms with Crippen molar-refractivity contribution in [2.45, 2.75) is 26.7 Å². The Balaban J connectivity index is 0.000000354. The Morgan fingerprint density at radius 1 is 1.08 bits per heavy atom. The first-order chi connectivity index (χ1) is 5.85. The van der Waals surface area contributed by atoms with Crippen molar-refractivity contribution in [2.75, 3.05) is 6.54 Å². The zero-order chi connectivity index (χ0) is 9.23. The van der Waals surface area contributed by atoms with E-state index < -0.39 is 0 Å². The molecule has 0 saturated carbocycles. The van der Waals surface area contributed by atoms with Crippen LogP contribution in [0.5, 0.6) is 0 Å². The van der Waals surface area contributed by atoms with E-state index in [0.717, 1.165) is 13.0 Å². The molecule has 0 spiro atoms. The topological polar surface area (TPSA) is 26.0 Å². The van der Waals surface area contributed by atoms with E-state index in [-0.39, 0.29) is 0 Å². The fraction of sp³-hybridized carbons (Fsp3) is 0.455. The Morgan fingerprint density at radius 2 is 1.58 bits per heavy atom. The number of benzene rings is 1. The summed E-state index contributed by atoms with van der Waals surface area (Å²) in [5, 5.41) is 0. The molecule has 1 heteroatoms. The summed E-state index contributed by atoms with van der Waals surface area (Å²) in [6.45, 7) is 4.99. The van der Waals surface area contributed by atoms with Gasteiger partial charge < -0.3 is 5.73 Å². The lowest BCUT2D eigenvalue weighted by molar-refractivity contribution is 0.969. The molecule has 0 amide bonds. The van der Waals surface area contributed by atoms with E-state index in [0.29, 0.717) is 0 Å². The molecule has 68 valence electrons. The molecule has 0 unspecified atom stereocenters. The van der Waals surface area contributed by atoms with Gasteiger partial charge in [-0.15, -0.1) is 0 Å². The van der Waals surface area contributed by atoms with Gasteiger partial charge in [0.05, 0.1) is 0 Å². The molecule has 0 saturated heterocycles. The minimum Gasteiger partial charge on any atom is -0.330 e. The Kier molecular flexibility index (Phi) is 7.71. The van der Waals surface area contributed by atoms with E-state index in [1.165, 1.54) is 12.0 Å². The van der Waals surface area contributed by atoms with Gasteiger partial charge in [0.15, 0.2) is 0 Å². The van der Waals surface area contributed by atoms with Gasteiger partial charge in [0.25, 0.3) is 0 Å². The van der Waals surface area contributed by atoms with Crippen molar-refractivity contribution < 1.29 is 0 Å². The zero-order valence-corrected chi connectivity index (χ0v) is 8.09. The summed E-state index contributed by atoms with van der Waals surface area (Å²) in [7, 11) is 0. The molecule has 0 aromatic heterocycles. The monoisotopic (exact) mass is 165 g/mol. The largest absolute Gasteiger partial charge is 0.330 e. The summed E-state index contributed by atoms with van der Waals surface area (Å²) in [4.78, 5) is 0. The number of hydrogen-bond donors (Lipinski definition) is 1. The first-order valence-electron chi connectivity index (χ1n) is 4.59. The molecule has 1 nitrogen and oxygen atoms in total. The number of nitrogens with two attached hydrogens (primary N) is 1. The van der Waals surface area contributed by atoms with Crippen molar-refractivity contribution in [1.82, 2.24) is 0 Å². The highest BCUT2D eigenvalue weighted by molar-refractivity contribution is 5.14. The van der Waals surface area contributed by atoms with Gasteiger partial charge in [-0.3, -0.25) is 0 Å². The summed E-state index contributed by atoms with van der Waals surface area (Å²) in [5.41, 5.74) is 6.68. The van der Waals surface area contributed by atoms with E-state index >= 15 is 0 Å². The van der Waals surface area contributed by atoms with Gasteiger partial charge in [-0.25, -0.2) is 0 Å². The summed E-state index contributed by atoms with van der Waals surface area (Å²) >= 11 is 0. The molecule has 0 bridgehead atoms. The standard InChI is InChI=1S/C8H11N.C3H8/c9-7-6-8-4-2-1-3-5-8;1-3-2/h1-5H,6-7,9H2;3H2,1-2H3. The fourth-order valence-electron chi connectivity index (χ4n) is 0.811. The lowest BCUT2D eigenvalue weighted by atomic mass is 10.2. The van der Waals surface area contributed by atoms with Crippen LogP contribution in [0.25, 0.3) is 0 Å². The molecule has 1 aromatic rings. The van der Waals surface area contributed by atoms with Gasteiger partial charge >= 0.3 is 0 Å². The highest BCUT2D eigenvalue weighted by atomic mass is 14.5. The second-order valence-corrected chi connectivity index (χ2v) is 2.73. The Morgan fingerprint density at radius 3 is 2.00 bits per heavy atom. The predicted molar refractivity (Wildman–Crippen MR) is 55.2 cm³/mol. The van der Waals surface area contributed by atoms with Gasteiger partial charge in [0.1, 0.15) is 0 Å². The first-order valence-corrected chi connectivity index (χ1v) is 4.59. The zero-order valence-electron chi connectivity index (χ0n) is 8.09. The van der Waals surface area contributed by atoms with Crippen molar-refractivity contribution in [1.29, 1.82) is 0 Å². The Labute approximate surface area is 75.6 Å². The maximum atomic E-state index is 5.36. The van der Waals surface area contributed by atoms with Crippen LogP contribution in [0.3, 0.4) is 0 Å².